The van der Waals surface area contributed by atoms with Gasteiger partial charge in [0.25, 0.3) is 0 Å². The number of nitrogens with zero attached hydrogens (tertiary/aromatic N) is 5. The zero-order valence-electron chi connectivity index (χ0n) is 27.2. The number of fused-ring (bicyclic) bond motifs is 6. The molecule has 0 fully saturated rings. The summed E-state index contributed by atoms with van der Waals surface area (Å²) >= 11 is 1.73. The molecule has 0 aliphatic carbocycles. The first kappa shape index (κ1) is 29.3. The number of benzene rings is 4. The van der Waals surface area contributed by atoms with Crippen molar-refractivity contribution >= 4 is 54.1 Å². The van der Waals surface area contributed by atoms with Crippen LogP contribution in [0, 0.1) is 0 Å². The Morgan fingerprint density at radius 2 is 1.02 bits per heavy atom. The van der Waals surface area contributed by atoms with Crippen LogP contribution in [0.5, 0.6) is 0 Å². The van der Waals surface area contributed by atoms with Crippen molar-refractivity contribution in [1.29, 1.82) is 0 Å². The minimum atomic E-state index is 0.872. The lowest BCUT2D eigenvalue weighted by Gasteiger charge is -2.11. The highest BCUT2D eigenvalue weighted by Gasteiger charge is 2.23. The van der Waals surface area contributed by atoms with Gasteiger partial charge in [-0.2, -0.15) is 0 Å². The Morgan fingerprint density at radius 3 is 1.67 bits per heavy atom. The Balaban J connectivity index is 1.22. The van der Waals surface area contributed by atoms with Crippen molar-refractivity contribution in [3.63, 3.8) is 0 Å². The molecule has 6 heterocycles. The van der Waals surface area contributed by atoms with Crippen molar-refractivity contribution in [2.24, 2.45) is 0 Å². The van der Waals surface area contributed by atoms with Crippen LogP contribution >= 0.6 is 11.3 Å². The topological polar surface area (TPSA) is 64.5 Å². The van der Waals surface area contributed by atoms with E-state index in [0.717, 1.165) is 98.4 Å². The molecular weight excluding hydrogens is 643 g/mol. The van der Waals surface area contributed by atoms with Crippen molar-refractivity contribution < 1.29 is 0 Å². The van der Waals surface area contributed by atoms with Gasteiger partial charge in [-0.05, 0) is 42.5 Å². The second-order valence-electron chi connectivity index (χ2n) is 12.5. The first-order valence-electron chi connectivity index (χ1n) is 16.8. The first-order valence-corrected chi connectivity index (χ1v) is 17.6. The Kier molecular flexibility index (Phi) is 6.93. The Morgan fingerprint density at radius 1 is 0.431 bits per heavy atom. The van der Waals surface area contributed by atoms with Crippen LogP contribution < -0.4 is 0 Å². The van der Waals surface area contributed by atoms with E-state index in [-0.39, 0.29) is 0 Å². The average Bonchev–Trinajstić information content (AvgIpc) is 3.62. The summed E-state index contributed by atoms with van der Waals surface area (Å²) < 4.78 is 1.11. The zero-order valence-corrected chi connectivity index (χ0v) is 28.0. The third kappa shape index (κ3) is 5.04. The fourth-order valence-corrected chi connectivity index (χ4v) is 8.26. The normalized spacial score (nSPS) is 11.5. The van der Waals surface area contributed by atoms with E-state index in [4.69, 9.17) is 24.9 Å². The predicted octanol–water partition coefficient (Wildman–Crippen LogP) is 11.7. The molecule has 0 aliphatic heterocycles. The summed E-state index contributed by atoms with van der Waals surface area (Å²) in [5.74, 6) is 0. The standard InChI is InChI=1S/C45H27N5S/c1-3-11-28(12-4-1)34-23-20-30-17-18-31-21-24-35(49-42(31)41(30)48-34)32-19-22-33-38(27-32)50-43(29-13-5-2-6-14-29)45-39(33)40(36-15-7-9-25-46-36)44(51-45)37-16-8-10-26-47-37/h1-27H. The van der Waals surface area contributed by atoms with E-state index in [0.29, 0.717) is 0 Å². The van der Waals surface area contributed by atoms with Crippen LogP contribution in [0.25, 0.3) is 98.4 Å². The fraction of sp³-hybridized carbons (Fsp3) is 0. The average molecular weight is 670 g/mol. The molecule has 238 valence electrons. The van der Waals surface area contributed by atoms with E-state index >= 15 is 0 Å². The van der Waals surface area contributed by atoms with Gasteiger partial charge in [-0.15, -0.1) is 11.3 Å². The summed E-state index contributed by atoms with van der Waals surface area (Å²) in [6.07, 6.45) is 3.70. The SMILES string of the molecule is c1ccc(-c2ccc3ccc4ccc(-c5ccc6c(c5)nc(-c5ccccc5)c5sc(-c7ccccn7)c(-c7ccccn7)c56)nc4c3n2)cc1. The molecule has 10 aromatic rings. The van der Waals surface area contributed by atoms with Gasteiger partial charge in [-0.25, -0.2) is 15.0 Å². The highest BCUT2D eigenvalue weighted by molar-refractivity contribution is 7.23. The van der Waals surface area contributed by atoms with Gasteiger partial charge in [0, 0.05) is 56.2 Å². The maximum Gasteiger partial charge on any atom is 0.0972 e. The quantitative estimate of drug-likeness (QED) is 0.171. The van der Waals surface area contributed by atoms with Crippen LogP contribution in [0.1, 0.15) is 0 Å². The summed E-state index contributed by atoms with van der Waals surface area (Å²) in [5.41, 5.74) is 11.4. The molecule has 0 aliphatic rings. The minimum absolute atomic E-state index is 0.872. The molecule has 0 amide bonds. The van der Waals surface area contributed by atoms with Gasteiger partial charge in [0.05, 0.1) is 54.6 Å². The third-order valence-corrected chi connectivity index (χ3v) is 10.6. The van der Waals surface area contributed by atoms with E-state index < -0.39 is 0 Å². The van der Waals surface area contributed by atoms with Crippen molar-refractivity contribution in [3.8, 4) is 55.6 Å². The predicted molar refractivity (Wildman–Crippen MR) is 210 cm³/mol. The van der Waals surface area contributed by atoms with Gasteiger partial charge in [0.1, 0.15) is 0 Å². The van der Waals surface area contributed by atoms with E-state index in [1.54, 1.807) is 11.3 Å². The smallest absolute Gasteiger partial charge is 0.0972 e. The Hall–Kier alpha value is -6.63. The second kappa shape index (κ2) is 12.1. The first-order chi connectivity index (χ1) is 25.3. The maximum absolute atomic E-state index is 5.39. The highest BCUT2D eigenvalue weighted by atomic mass is 32.1. The van der Waals surface area contributed by atoms with Crippen molar-refractivity contribution in [2.75, 3.05) is 0 Å². The summed E-state index contributed by atoms with van der Waals surface area (Å²) in [5, 5.41) is 4.30. The van der Waals surface area contributed by atoms with Crippen molar-refractivity contribution in [3.05, 3.63) is 164 Å². The zero-order chi connectivity index (χ0) is 33.7. The summed E-state index contributed by atoms with van der Waals surface area (Å²) in [4.78, 5) is 26.5. The van der Waals surface area contributed by atoms with Gasteiger partial charge in [-0.1, -0.05) is 109 Å². The molecular formula is C45H27N5S. The number of rotatable bonds is 5. The van der Waals surface area contributed by atoms with Crippen LogP contribution in [-0.2, 0) is 0 Å². The number of pyridine rings is 5. The lowest BCUT2D eigenvalue weighted by Crippen LogP contribution is -1.92. The van der Waals surface area contributed by atoms with Crippen LogP contribution in [0.2, 0.25) is 0 Å². The van der Waals surface area contributed by atoms with Crippen LogP contribution in [0.4, 0.5) is 0 Å². The van der Waals surface area contributed by atoms with Gasteiger partial charge in [0.2, 0.25) is 0 Å². The van der Waals surface area contributed by atoms with Gasteiger partial charge in [0.15, 0.2) is 0 Å². The fourth-order valence-electron chi connectivity index (χ4n) is 6.94. The molecule has 4 aromatic carbocycles. The molecule has 0 saturated carbocycles. The van der Waals surface area contributed by atoms with E-state index in [1.807, 2.05) is 60.9 Å². The monoisotopic (exact) mass is 669 g/mol. The second-order valence-corrected chi connectivity index (χ2v) is 13.5. The molecule has 6 heteroatoms. The molecule has 6 aromatic heterocycles. The number of aromatic nitrogens is 5. The van der Waals surface area contributed by atoms with Gasteiger partial charge in [-0.3, -0.25) is 9.97 Å². The minimum Gasteiger partial charge on any atom is -0.256 e. The van der Waals surface area contributed by atoms with Crippen LogP contribution in [0.15, 0.2) is 164 Å². The van der Waals surface area contributed by atoms with Gasteiger partial charge >= 0.3 is 0 Å². The van der Waals surface area contributed by atoms with Crippen molar-refractivity contribution in [2.45, 2.75) is 0 Å². The summed E-state index contributed by atoms with van der Waals surface area (Å²) in [7, 11) is 0. The molecule has 0 unspecified atom stereocenters. The Labute approximate surface area is 297 Å². The third-order valence-electron chi connectivity index (χ3n) is 9.37. The van der Waals surface area contributed by atoms with Crippen LogP contribution in [0.3, 0.4) is 0 Å². The summed E-state index contributed by atoms with van der Waals surface area (Å²) in [6.45, 7) is 0. The molecule has 0 N–H and O–H groups in total. The molecule has 0 bridgehead atoms. The van der Waals surface area contributed by atoms with E-state index in [1.165, 1.54) is 0 Å². The molecule has 0 spiro atoms. The van der Waals surface area contributed by atoms with Gasteiger partial charge < -0.3 is 0 Å². The molecule has 0 radical (unpaired) electrons. The highest BCUT2D eigenvalue weighted by Crippen LogP contribution is 2.49. The maximum atomic E-state index is 5.39. The summed E-state index contributed by atoms with van der Waals surface area (Å²) in [6, 6.07) is 52.1. The number of thiophene rings is 1. The molecule has 0 saturated heterocycles. The molecule has 0 atom stereocenters. The lowest BCUT2D eigenvalue weighted by molar-refractivity contribution is 1.32. The molecule has 10 rings (SSSR count). The molecule has 5 nitrogen and oxygen atoms in total. The van der Waals surface area contributed by atoms with E-state index in [2.05, 4.69) is 103 Å². The van der Waals surface area contributed by atoms with Crippen molar-refractivity contribution in [1.82, 2.24) is 24.9 Å². The molecule has 51 heavy (non-hydrogen) atoms. The van der Waals surface area contributed by atoms with Crippen LogP contribution in [-0.4, -0.2) is 24.9 Å². The lowest BCUT2D eigenvalue weighted by atomic mass is 9.97. The van der Waals surface area contributed by atoms with E-state index in [9.17, 15) is 0 Å². The largest absolute Gasteiger partial charge is 0.256 e. The number of hydrogen-bond acceptors (Lipinski definition) is 6. The number of hydrogen-bond donors (Lipinski definition) is 0. The Bertz CT molecular complexity index is 2890.